The van der Waals surface area contributed by atoms with Gasteiger partial charge in [-0.2, -0.15) is 0 Å². The molecule has 0 saturated heterocycles. The highest BCUT2D eigenvalue weighted by Gasteiger charge is 1.97. The van der Waals surface area contributed by atoms with Gasteiger partial charge in [0, 0.05) is 23.0 Å². The largest absolute Gasteiger partial charge is 0.268 e. The van der Waals surface area contributed by atoms with Crippen LogP contribution in [-0.4, -0.2) is 3.97 Å². The van der Waals surface area contributed by atoms with Crippen LogP contribution in [-0.2, 0) is 5.75 Å². The molecule has 4 heteroatoms. The molecule has 82 valence electrons. The van der Waals surface area contributed by atoms with E-state index in [1.165, 1.54) is 11.9 Å². The Morgan fingerprint density at radius 2 is 2.06 bits per heavy atom. The molecule has 1 aromatic heterocycles. The van der Waals surface area contributed by atoms with Crippen LogP contribution in [0.1, 0.15) is 5.56 Å². The van der Waals surface area contributed by atoms with Gasteiger partial charge in [0.25, 0.3) is 5.56 Å². The smallest absolute Gasteiger partial charge is 0.260 e. The molecule has 2 rings (SSSR count). The number of aromatic nitrogens is 1. The minimum Gasteiger partial charge on any atom is -0.268 e. The number of pyridine rings is 1. The molecule has 0 saturated carbocycles. The molecule has 2 nitrogen and oxygen atoms in total. The number of nitrogens with zero attached hydrogens (tertiary/aromatic N) is 1. The molecule has 0 fully saturated rings. The lowest BCUT2D eigenvalue weighted by molar-refractivity contribution is 1.14. The Morgan fingerprint density at radius 1 is 1.19 bits per heavy atom. The van der Waals surface area contributed by atoms with Gasteiger partial charge in [-0.05, 0) is 35.7 Å². The fourth-order valence-corrected chi connectivity index (χ4v) is 2.32. The quantitative estimate of drug-likeness (QED) is 0.836. The van der Waals surface area contributed by atoms with Crippen LogP contribution >= 0.6 is 23.5 Å². The van der Waals surface area contributed by atoms with Gasteiger partial charge < -0.3 is 0 Å². The average Bonchev–Trinajstić information content (AvgIpc) is 2.28. The molecule has 1 heterocycles. The topological polar surface area (TPSA) is 22.0 Å². The summed E-state index contributed by atoms with van der Waals surface area (Å²) in [7, 11) is 0. The van der Waals surface area contributed by atoms with E-state index in [9.17, 15) is 4.79 Å². The standard InChI is InChI=1S/C12H10ClNOS/c13-11-5-3-4-10(8-11)9-16-14-7-2-1-6-12(14)15/h1-8H,9H2. The van der Waals surface area contributed by atoms with Crippen molar-refractivity contribution < 1.29 is 0 Å². The predicted octanol–water partition coefficient (Wildman–Crippen LogP) is 3.20. The molecule has 0 radical (unpaired) electrons. The van der Waals surface area contributed by atoms with Crippen molar-refractivity contribution in [2.45, 2.75) is 5.75 Å². The molecule has 0 spiro atoms. The molecule has 0 aliphatic carbocycles. The fourth-order valence-electron chi connectivity index (χ4n) is 1.29. The summed E-state index contributed by atoms with van der Waals surface area (Å²) in [4.78, 5) is 11.4. The van der Waals surface area contributed by atoms with Gasteiger partial charge in [-0.15, -0.1) is 0 Å². The van der Waals surface area contributed by atoms with E-state index in [1.54, 1.807) is 22.3 Å². The van der Waals surface area contributed by atoms with Gasteiger partial charge in [0.1, 0.15) is 0 Å². The zero-order valence-electron chi connectivity index (χ0n) is 8.47. The lowest BCUT2D eigenvalue weighted by Crippen LogP contribution is -2.11. The van der Waals surface area contributed by atoms with Crippen LogP contribution in [0.2, 0.25) is 5.02 Å². The molecule has 0 aliphatic heterocycles. The predicted molar refractivity (Wildman–Crippen MR) is 68.8 cm³/mol. The van der Waals surface area contributed by atoms with E-state index in [0.717, 1.165) is 16.3 Å². The van der Waals surface area contributed by atoms with Gasteiger partial charge in [0.05, 0.1) is 0 Å². The maximum Gasteiger partial charge on any atom is 0.260 e. The molecule has 0 N–H and O–H groups in total. The van der Waals surface area contributed by atoms with Crippen LogP contribution < -0.4 is 5.56 Å². The van der Waals surface area contributed by atoms with Crippen molar-refractivity contribution in [1.82, 2.24) is 3.97 Å². The van der Waals surface area contributed by atoms with Crippen molar-refractivity contribution >= 4 is 23.5 Å². The number of halogens is 1. The third-order valence-corrected chi connectivity index (χ3v) is 3.33. The Morgan fingerprint density at radius 3 is 2.81 bits per heavy atom. The first-order chi connectivity index (χ1) is 7.75. The summed E-state index contributed by atoms with van der Waals surface area (Å²) >= 11 is 7.33. The monoisotopic (exact) mass is 251 g/mol. The van der Waals surface area contributed by atoms with Crippen molar-refractivity contribution in [3.8, 4) is 0 Å². The van der Waals surface area contributed by atoms with Crippen molar-refractivity contribution in [3.63, 3.8) is 0 Å². The number of hydrogen-bond donors (Lipinski definition) is 0. The zero-order chi connectivity index (χ0) is 11.4. The molecule has 0 atom stereocenters. The Labute approximate surface area is 103 Å². The first-order valence-corrected chi connectivity index (χ1v) is 6.13. The summed E-state index contributed by atoms with van der Waals surface area (Å²) in [5, 5.41) is 0.721. The van der Waals surface area contributed by atoms with Crippen LogP contribution in [0.25, 0.3) is 0 Å². The first-order valence-electron chi connectivity index (χ1n) is 4.81. The Bertz CT molecular complexity index is 538. The van der Waals surface area contributed by atoms with E-state index < -0.39 is 0 Å². The second-order valence-electron chi connectivity index (χ2n) is 3.27. The number of rotatable bonds is 3. The van der Waals surface area contributed by atoms with Gasteiger partial charge in [0.15, 0.2) is 0 Å². The number of benzene rings is 1. The first kappa shape index (κ1) is 11.3. The Hall–Kier alpha value is -1.19. The molecule has 0 bridgehead atoms. The van der Waals surface area contributed by atoms with Crippen molar-refractivity contribution in [1.29, 1.82) is 0 Å². The van der Waals surface area contributed by atoms with Crippen LogP contribution in [0.15, 0.2) is 53.5 Å². The fraction of sp³-hybridized carbons (Fsp3) is 0.0833. The van der Waals surface area contributed by atoms with Gasteiger partial charge in [0.2, 0.25) is 0 Å². The van der Waals surface area contributed by atoms with E-state index in [4.69, 9.17) is 11.6 Å². The lowest BCUT2D eigenvalue weighted by atomic mass is 10.2. The Balaban J connectivity index is 2.08. The molecular formula is C12H10ClNOS. The van der Waals surface area contributed by atoms with Crippen LogP contribution in [0.4, 0.5) is 0 Å². The number of hydrogen-bond acceptors (Lipinski definition) is 2. The van der Waals surface area contributed by atoms with E-state index in [2.05, 4.69) is 0 Å². The molecule has 1 aromatic carbocycles. The summed E-state index contributed by atoms with van der Waals surface area (Å²) in [5.74, 6) is 0.727. The maximum absolute atomic E-state index is 11.4. The van der Waals surface area contributed by atoms with E-state index >= 15 is 0 Å². The molecule has 16 heavy (non-hydrogen) atoms. The lowest BCUT2D eigenvalue weighted by Gasteiger charge is -2.04. The molecule has 0 aliphatic rings. The summed E-state index contributed by atoms with van der Waals surface area (Å²) < 4.78 is 1.61. The van der Waals surface area contributed by atoms with Crippen LogP contribution in [0.3, 0.4) is 0 Å². The maximum atomic E-state index is 11.4. The molecular weight excluding hydrogens is 242 g/mol. The third-order valence-electron chi connectivity index (χ3n) is 2.05. The van der Waals surface area contributed by atoms with E-state index in [0.29, 0.717) is 0 Å². The summed E-state index contributed by atoms with van der Waals surface area (Å²) in [6.45, 7) is 0. The van der Waals surface area contributed by atoms with E-state index in [-0.39, 0.29) is 5.56 Å². The highest BCUT2D eigenvalue weighted by Crippen LogP contribution is 2.16. The third kappa shape index (κ3) is 2.90. The average molecular weight is 252 g/mol. The second kappa shape index (κ2) is 5.23. The van der Waals surface area contributed by atoms with Crippen LogP contribution in [0.5, 0.6) is 0 Å². The SMILES string of the molecule is O=c1ccccn1SCc1cccc(Cl)c1. The summed E-state index contributed by atoms with van der Waals surface area (Å²) in [6.07, 6.45) is 1.76. The molecule has 0 amide bonds. The normalized spacial score (nSPS) is 10.3. The van der Waals surface area contributed by atoms with Gasteiger partial charge in [-0.1, -0.05) is 29.8 Å². The van der Waals surface area contributed by atoms with Crippen molar-refractivity contribution in [2.75, 3.05) is 0 Å². The highest BCUT2D eigenvalue weighted by atomic mass is 35.5. The van der Waals surface area contributed by atoms with Gasteiger partial charge in [-0.3, -0.25) is 8.77 Å². The van der Waals surface area contributed by atoms with Gasteiger partial charge >= 0.3 is 0 Å². The molecule has 2 aromatic rings. The molecule has 0 unspecified atom stereocenters. The minimum absolute atomic E-state index is 0.00507. The highest BCUT2D eigenvalue weighted by molar-refractivity contribution is 7.97. The van der Waals surface area contributed by atoms with Crippen LogP contribution in [0, 0.1) is 0 Å². The van der Waals surface area contributed by atoms with E-state index in [1.807, 2.05) is 30.3 Å². The summed E-state index contributed by atoms with van der Waals surface area (Å²) in [5.41, 5.74) is 1.10. The Kier molecular flexibility index (Phi) is 3.70. The zero-order valence-corrected chi connectivity index (χ0v) is 10.0. The van der Waals surface area contributed by atoms with Crippen molar-refractivity contribution in [2.24, 2.45) is 0 Å². The summed E-state index contributed by atoms with van der Waals surface area (Å²) in [6, 6.07) is 12.8. The van der Waals surface area contributed by atoms with Crippen molar-refractivity contribution in [3.05, 3.63) is 69.6 Å². The second-order valence-corrected chi connectivity index (χ2v) is 4.64. The minimum atomic E-state index is -0.00507. The van der Waals surface area contributed by atoms with Gasteiger partial charge in [-0.25, -0.2) is 0 Å².